The number of halogens is 1. The van der Waals surface area contributed by atoms with E-state index in [1.807, 2.05) is 0 Å². The Morgan fingerprint density at radius 2 is 2.00 bits per heavy atom. The molecule has 0 aliphatic rings. The van der Waals surface area contributed by atoms with Gasteiger partial charge in [0.15, 0.2) is 0 Å². The molecule has 0 saturated heterocycles. The summed E-state index contributed by atoms with van der Waals surface area (Å²) in [6.07, 6.45) is 0. The minimum absolute atomic E-state index is 0.00569. The van der Waals surface area contributed by atoms with Crippen molar-refractivity contribution in [2.75, 3.05) is 12.8 Å². The third kappa shape index (κ3) is 3.31. The monoisotopic (exact) mass is 263 g/mol. The molecule has 8 heteroatoms. The number of rotatable bonds is 3. The zero-order chi connectivity index (χ0) is 13.2. The molecule has 0 aliphatic carbocycles. The Labute approximate surface area is 97.6 Å². The fourth-order valence-electron chi connectivity index (χ4n) is 1.19. The Balaban J connectivity index is 3.29. The summed E-state index contributed by atoms with van der Waals surface area (Å²) >= 11 is 0. The molecule has 6 nitrogen and oxygen atoms in total. The number of hydrogen-bond acceptors (Lipinski definition) is 6. The number of hydrogen-bond donors (Lipinski definition) is 1. The molecule has 0 heterocycles. The number of nitrogens with two attached hydrogens (primary N) is 1. The summed E-state index contributed by atoms with van der Waals surface area (Å²) in [7, 11) is -4.01. The van der Waals surface area contributed by atoms with Crippen LogP contribution < -0.4 is 9.92 Å². The maximum atomic E-state index is 12.3. The fraction of sp³-hybridized carbons (Fsp3) is 0.222. The summed E-state index contributed by atoms with van der Waals surface area (Å²) < 4.78 is 41.4. The van der Waals surface area contributed by atoms with Gasteiger partial charge in [0.25, 0.3) is 0 Å². The molecule has 94 valence electrons. The highest BCUT2D eigenvalue weighted by molar-refractivity contribution is 7.81. The summed E-state index contributed by atoms with van der Waals surface area (Å²) in [6.45, 7) is 1.54. The minimum Gasteiger partial charge on any atom is -0.465 e. The lowest BCUT2D eigenvalue weighted by atomic mass is 10.1. The maximum Gasteiger partial charge on any atom is 0.488 e. The molecule has 0 aromatic heterocycles. The lowest BCUT2D eigenvalue weighted by molar-refractivity contribution is 0.0599. The van der Waals surface area contributed by atoms with E-state index in [0.717, 1.165) is 19.2 Å². The number of nitrogen functional groups attached to an aromatic ring is 1. The van der Waals surface area contributed by atoms with Gasteiger partial charge in [0.2, 0.25) is 0 Å². The van der Waals surface area contributed by atoms with Crippen LogP contribution in [0.4, 0.5) is 9.57 Å². The highest BCUT2D eigenvalue weighted by Crippen LogP contribution is 2.25. The van der Waals surface area contributed by atoms with E-state index in [4.69, 9.17) is 5.73 Å². The molecule has 0 radical (unpaired) electrons. The van der Waals surface area contributed by atoms with Crippen molar-refractivity contribution in [3.63, 3.8) is 0 Å². The molecule has 0 spiro atoms. The first-order valence-electron chi connectivity index (χ1n) is 4.37. The molecule has 0 atom stereocenters. The van der Waals surface area contributed by atoms with Gasteiger partial charge < -0.3 is 14.7 Å². The van der Waals surface area contributed by atoms with Crippen LogP contribution in [0.1, 0.15) is 15.9 Å². The van der Waals surface area contributed by atoms with Gasteiger partial charge >= 0.3 is 16.5 Å². The van der Waals surface area contributed by atoms with E-state index in [1.54, 1.807) is 0 Å². The lowest BCUT2D eigenvalue weighted by Gasteiger charge is -2.09. The molecule has 0 unspecified atom stereocenters. The van der Waals surface area contributed by atoms with Gasteiger partial charge in [-0.2, -0.15) is 8.42 Å². The predicted molar refractivity (Wildman–Crippen MR) is 57.6 cm³/mol. The van der Waals surface area contributed by atoms with Crippen molar-refractivity contribution in [3.8, 4) is 5.75 Å². The molecule has 0 saturated carbocycles. The molecule has 1 aromatic rings. The van der Waals surface area contributed by atoms with E-state index in [2.05, 4.69) is 8.92 Å². The number of ether oxygens (including phenoxy) is 1. The number of esters is 1. The second-order valence-corrected chi connectivity index (χ2v) is 4.11. The lowest BCUT2D eigenvalue weighted by Crippen LogP contribution is -2.08. The van der Waals surface area contributed by atoms with E-state index in [0.29, 0.717) is 5.56 Å². The first kappa shape index (κ1) is 13.2. The van der Waals surface area contributed by atoms with Gasteiger partial charge in [-0.1, -0.05) is 3.89 Å². The highest BCUT2D eigenvalue weighted by atomic mass is 32.3. The molecule has 0 amide bonds. The molecule has 1 aromatic carbocycles. The van der Waals surface area contributed by atoms with E-state index in [-0.39, 0.29) is 11.3 Å². The van der Waals surface area contributed by atoms with Crippen molar-refractivity contribution in [1.82, 2.24) is 0 Å². The number of carbonyl (C=O) groups excluding carboxylic acids is 1. The predicted octanol–water partition coefficient (Wildman–Crippen LogP) is 0.957. The average Bonchev–Trinajstić information content (AvgIpc) is 2.19. The second kappa shape index (κ2) is 4.58. The first-order valence-corrected chi connectivity index (χ1v) is 5.68. The van der Waals surface area contributed by atoms with Crippen LogP contribution in [0, 0.1) is 6.92 Å². The third-order valence-electron chi connectivity index (χ3n) is 2.02. The van der Waals surface area contributed by atoms with Crippen LogP contribution in [0.25, 0.3) is 0 Å². The van der Waals surface area contributed by atoms with Crippen molar-refractivity contribution in [2.45, 2.75) is 6.92 Å². The van der Waals surface area contributed by atoms with Crippen LogP contribution in [-0.4, -0.2) is 21.5 Å². The Hall–Kier alpha value is -1.83. The summed E-state index contributed by atoms with van der Waals surface area (Å²) in [5, 5.41) is 0. The second-order valence-electron chi connectivity index (χ2n) is 3.15. The van der Waals surface area contributed by atoms with Crippen molar-refractivity contribution in [2.24, 2.45) is 0 Å². The maximum absolute atomic E-state index is 12.3. The molecule has 0 aliphatic heterocycles. The first-order chi connectivity index (χ1) is 7.74. The molecule has 2 N–H and O–H groups in total. The summed E-state index contributed by atoms with van der Waals surface area (Å²) in [6, 6.07) is 2.13. The zero-order valence-corrected chi connectivity index (χ0v) is 9.88. The zero-order valence-electron chi connectivity index (χ0n) is 9.06. The van der Waals surface area contributed by atoms with Crippen LogP contribution in [0.5, 0.6) is 5.75 Å². The minimum atomic E-state index is -5.16. The summed E-state index contributed by atoms with van der Waals surface area (Å²) in [5.74, 6) is -1.12. The molecule has 17 heavy (non-hydrogen) atoms. The van der Waals surface area contributed by atoms with Crippen LogP contribution in [0.15, 0.2) is 12.1 Å². The van der Waals surface area contributed by atoms with Crippen molar-refractivity contribution < 1.29 is 26.0 Å². The van der Waals surface area contributed by atoms with Gasteiger partial charge in [-0.15, -0.1) is 0 Å². The summed E-state index contributed by atoms with van der Waals surface area (Å²) in [5.41, 5.74) is 6.01. The van der Waals surface area contributed by atoms with E-state index in [1.165, 1.54) is 6.92 Å². The van der Waals surface area contributed by atoms with Gasteiger partial charge in [-0.3, -0.25) is 0 Å². The van der Waals surface area contributed by atoms with Crippen LogP contribution in [-0.2, 0) is 15.2 Å². The quantitative estimate of drug-likeness (QED) is 0.495. The van der Waals surface area contributed by atoms with E-state index >= 15 is 0 Å². The fourth-order valence-corrected chi connectivity index (χ4v) is 1.52. The van der Waals surface area contributed by atoms with E-state index in [9.17, 15) is 17.1 Å². The van der Waals surface area contributed by atoms with Crippen LogP contribution >= 0.6 is 0 Å². The average molecular weight is 263 g/mol. The Bertz CT molecular complexity index is 555. The van der Waals surface area contributed by atoms with Gasteiger partial charge in [-0.25, -0.2) is 4.79 Å². The normalized spacial score (nSPS) is 11.0. The molecule has 1 rings (SSSR count). The number of benzene rings is 1. The Morgan fingerprint density at radius 3 is 2.47 bits per heavy atom. The van der Waals surface area contributed by atoms with Gasteiger partial charge in [0.1, 0.15) is 5.75 Å². The smallest absolute Gasteiger partial charge is 0.465 e. The van der Waals surface area contributed by atoms with Crippen molar-refractivity contribution >= 4 is 22.2 Å². The van der Waals surface area contributed by atoms with Crippen LogP contribution in [0.2, 0.25) is 0 Å². The van der Waals surface area contributed by atoms with Gasteiger partial charge in [0.05, 0.1) is 12.7 Å². The highest BCUT2D eigenvalue weighted by Gasteiger charge is 2.17. The molecule has 0 bridgehead atoms. The number of anilines is 1. The summed E-state index contributed by atoms with van der Waals surface area (Å²) in [4.78, 5) is 11.3. The van der Waals surface area contributed by atoms with Crippen molar-refractivity contribution in [3.05, 3.63) is 23.3 Å². The third-order valence-corrected chi connectivity index (χ3v) is 2.41. The number of methoxy groups -OCH3 is 1. The Kier molecular flexibility index (Phi) is 3.56. The number of carbonyl (C=O) groups is 1. The largest absolute Gasteiger partial charge is 0.488 e. The van der Waals surface area contributed by atoms with E-state index < -0.39 is 22.2 Å². The SMILES string of the molecule is COC(=O)c1cc(OS(=O)(=O)F)cc(N)c1C. The molecular formula is C9H10FNO5S. The van der Waals surface area contributed by atoms with Gasteiger partial charge in [-0.05, 0) is 18.6 Å². The Morgan fingerprint density at radius 1 is 1.41 bits per heavy atom. The topological polar surface area (TPSA) is 95.7 Å². The molecule has 0 fully saturated rings. The van der Waals surface area contributed by atoms with Crippen LogP contribution in [0.3, 0.4) is 0 Å². The van der Waals surface area contributed by atoms with Crippen molar-refractivity contribution in [1.29, 1.82) is 0 Å². The van der Waals surface area contributed by atoms with Gasteiger partial charge in [0, 0.05) is 11.8 Å². The molecular weight excluding hydrogens is 253 g/mol. The standard InChI is InChI=1S/C9H10FNO5S/c1-5-7(9(12)15-2)3-6(4-8(5)11)16-17(10,13)14/h3-4H,11H2,1-2H3.